The first-order valence-corrected chi connectivity index (χ1v) is 7.21. The molecular weight excluding hydrogens is 381 g/mol. The monoisotopic (exact) mass is 393 g/mol. The summed E-state index contributed by atoms with van der Waals surface area (Å²) in [7, 11) is 0. The van der Waals surface area contributed by atoms with Crippen LogP contribution >= 0.6 is 22.6 Å². The van der Waals surface area contributed by atoms with Crippen LogP contribution in [0, 0.1) is 3.57 Å². The third-order valence-corrected chi connectivity index (χ3v) is 3.65. The van der Waals surface area contributed by atoms with E-state index in [0.717, 1.165) is 15.2 Å². The van der Waals surface area contributed by atoms with Crippen molar-refractivity contribution in [1.29, 1.82) is 0 Å². The van der Waals surface area contributed by atoms with Crippen LogP contribution in [0.2, 0.25) is 0 Å². The third-order valence-electron chi connectivity index (χ3n) is 2.71. The van der Waals surface area contributed by atoms with Gasteiger partial charge in [0.15, 0.2) is 0 Å². The standard InChI is InChI=1S/C16H12INO3/c17-14-4-2-1-3-13(14)16(21)18-12-8-5-11(6-9-12)7-10-15(19)20/h1-10H,(H,18,21)(H,19,20)/b10-7+. The van der Waals surface area contributed by atoms with Crippen molar-refractivity contribution in [2.24, 2.45) is 0 Å². The molecule has 0 unspecified atom stereocenters. The van der Waals surface area contributed by atoms with Crippen LogP contribution in [0.5, 0.6) is 0 Å². The van der Waals surface area contributed by atoms with E-state index in [4.69, 9.17) is 5.11 Å². The van der Waals surface area contributed by atoms with Crippen LogP contribution in [0.25, 0.3) is 6.08 Å². The molecular formula is C16H12INO3. The van der Waals surface area contributed by atoms with Gasteiger partial charge in [0.25, 0.3) is 5.91 Å². The smallest absolute Gasteiger partial charge is 0.328 e. The molecule has 2 rings (SSSR count). The Morgan fingerprint density at radius 3 is 2.33 bits per heavy atom. The van der Waals surface area contributed by atoms with E-state index in [1.165, 1.54) is 6.08 Å². The molecule has 106 valence electrons. The van der Waals surface area contributed by atoms with Gasteiger partial charge >= 0.3 is 5.97 Å². The van der Waals surface area contributed by atoms with Crippen LogP contribution in [0.3, 0.4) is 0 Å². The number of rotatable bonds is 4. The molecule has 2 aromatic rings. The molecule has 0 bridgehead atoms. The summed E-state index contributed by atoms with van der Waals surface area (Å²) < 4.78 is 0.883. The van der Waals surface area contributed by atoms with Gasteiger partial charge in [0.1, 0.15) is 0 Å². The van der Waals surface area contributed by atoms with Gasteiger partial charge in [-0.25, -0.2) is 4.79 Å². The molecule has 2 N–H and O–H groups in total. The highest BCUT2D eigenvalue weighted by molar-refractivity contribution is 14.1. The normalized spacial score (nSPS) is 10.5. The quantitative estimate of drug-likeness (QED) is 0.616. The highest BCUT2D eigenvalue weighted by Gasteiger charge is 2.08. The minimum absolute atomic E-state index is 0.172. The van der Waals surface area contributed by atoms with Crippen LogP contribution in [-0.2, 0) is 4.79 Å². The summed E-state index contributed by atoms with van der Waals surface area (Å²) in [5.41, 5.74) is 2.03. The molecule has 1 amide bonds. The third kappa shape index (κ3) is 4.42. The number of hydrogen-bond donors (Lipinski definition) is 2. The van der Waals surface area contributed by atoms with Gasteiger partial charge < -0.3 is 10.4 Å². The summed E-state index contributed by atoms with van der Waals surface area (Å²) in [6.07, 6.45) is 2.56. The average molecular weight is 393 g/mol. The maximum absolute atomic E-state index is 12.1. The van der Waals surface area contributed by atoms with Gasteiger partial charge in [-0.05, 0) is 58.5 Å². The van der Waals surface area contributed by atoms with E-state index in [2.05, 4.69) is 27.9 Å². The Balaban J connectivity index is 2.09. The van der Waals surface area contributed by atoms with Crippen LogP contribution in [0.15, 0.2) is 54.6 Å². The molecule has 0 heterocycles. The van der Waals surface area contributed by atoms with E-state index >= 15 is 0 Å². The zero-order valence-corrected chi connectivity index (χ0v) is 13.1. The van der Waals surface area contributed by atoms with Gasteiger partial charge in [0, 0.05) is 15.3 Å². The van der Waals surface area contributed by atoms with Crippen molar-refractivity contribution in [2.45, 2.75) is 0 Å². The lowest BCUT2D eigenvalue weighted by molar-refractivity contribution is -0.131. The number of benzene rings is 2. The molecule has 0 aliphatic heterocycles. The number of carboxylic acid groups (broad SMARTS) is 1. The molecule has 21 heavy (non-hydrogen) atoms. The van der Waals surface area contributed by atoms with Crippen LogP contribution in [0.4, 0.5) is 5.69 Å². The minimum Gasteiger partial charge on any atom is -0.478 e. The van der Waals surface area contributed by atoms with Crippen LogP contribution in [-0.4, -0.2) is 17.0 Å². The van der Waals surface area contributed by atoms with Crippen LogP contribution < -0.4 is 5.32 Å². The predicted molar refractivity (Wildman–Crippen MR) is 90.2 cm³/mol. The van der Waals surface area contributed by atoms with E-state index in [1.807, 2.05) is 18.2 Å². The number of nitrogens with one attached hydrogen (secondary N) is 1. The molecule has 4 nitrogen and oxygen atoms in total. The minimum atomic E-state index is -0.994. The maximum atomic E-state index is 12.1. The number of aliphatic carboxylic acids is 1. The highest BCUT2D eigenvalue weighted by atomic mass is 127. The molecule has 0 saturated carbocycles. The summed E-state index contributed by atoms with van der Waals surface area (Å²) in [6.45, 7) is 0. The first-order chi connectivity index (χ1) is 10.1. The van der Waals surface area contributed by atoms with E-state index in [0.29, 0.717) is 11.3 Å². The second kappa shape index (κ2) is 7.03. The van der Waals surface area contributed by atoms with Gasteiger partial charge in [-0.15, -0.1) is 0 Å². The lowest BCUT2D eigenvalue weighted by Gasteiger charge is -2.07. The van der Waals surface area contributed by atoms with E-state index in [9.17, 15) is 9.59 Å². The van der Waals surface area contributed by atoms with Gasteiger partial charge in [-0.2, -0.15) is 0 Å². The SMILES string of the molecule is O=C(O)/C=C/c1ccc(NC(=O)c2ccccc2I)cc1. The Bertz CT molecular complexity index is 693. The zero-order valence-electron chi connectivity index (χ0n) is 10.9. The van der Waals surface area contributed by atoms with Gasteiger partial charge in [0.2, 0.25) is 0 Å². The van der Waals surface area contributed by atoms with Crippen molar-refractivity contribution in [3.05, 3.63) is 69.3 Å². The van der Waals surface area contributed by atoms with Crippen molar-refractivity contribution >= 4 is 46.2 Å². The number of hydrogen-bond acceptors (Lipinski definition) is 2. The molecule has 0 aromatic heterocycles. The second-order valence-electron chi connectivity index (χ2n) is 4.23. The number of carboxylic acids is 1. The topological polar surface area (TPSA) is 66.4 Å². The average Bonchev–Trinajstić information content (AvgIpc) is 2.47. The molecule has 0 atom stereocenters. The van der Waals surface area contributed by atoms with Crippen molar-refractivity contribution < 1.29 is 14.7 Å². The maximum Gasteiger partial charge on any atom is 0.328 e. The van der Waals surface area contributed by atoms with Gasteiger partial charge in [-0.3, -0.25) is 4.79 Å². The van der Waals surface area contributed by atoms with Gasteiger partial charge in [-0.1, -0.05) is 24.3 Å². The molecule has 0 fully saturated rings. The number of halogens is 1. The second-order valence-corrected chi connectivity index (χ2v) is 5.39. The predicted octanol–water partition coefficient (Wildman–Crippen LogP) is 3.64. The summed E-state index contributed by atoms with van der Waals surface area (Å²) in [4.78, 5) is 22.6. The lowest BCUT2D eigenvalue weighted by atomic mass is 10.1. The first-order valence-electron chi connectivity index (χ1n) is 6.13. The number of amides is 1. The van der Waals surface area contributed by atoms with E-state index in [1.54, 1.807) is 30.3 Å². The van der Waals surface area contributed by atoms with Crippen molar-refractivity contribution in [2.75, 3.05) is 5.32 Å². The molecule has 0 saturated heterocycles. The number of carbonyl (C=O) groups excluding carboxylic acids is 1. The Labute approximate surface area is 135 Å². The molecule has 0 aliphatic carbocycles. The molecule has 0 radical (unpaired) electrons. The zero-order chi connectivity index (χ0) is 15.2. The van der Waals surface area contributed by atoms with Crippen molar-refractivity contribution in [3.8, 4) is 0 Å². The summed E-state index contributed by atoms with van der Waals surface area (Å²) in [5.74, 6) is -1.17. The molecule has 0 aliphatic rings. The summed E-state index contributed by atoms with van der Waals surface area (Å²) in [5, 5.41) is 11.4. The van der Waals surface area contributed by atoms with Crippen LogP contribution in [0.1, 0.15) is 15.9 Å². The fourth-order valence-corrected chi connectivity index (χ4v) is 2.32. The summed E-state index contributed by atoms with van der Waals surface area (Å²) in [6, 6.07) is 14.3. The first kappa shape index (κ1) is 15.2. The van der Waals surface area contributed by atoms with Crippen molar-refractivity contribution in [3.63, 3.8) is 0 Å². The number of anilines is 1. The molecule has 2 aromatic carbocycles. The Hall–Kier alpha value is -2.15. The highest BCUT2D eigenvalue weighted by Crippen LogP contribution is 2.15. The Morgan fingerprint density at radius 1 is 1.05 bits per heavy atom. The Morgan fingerprint density at radius 2 is 1.71 bits per heavy atom. The molecule has 5 heteroatoms. The largest absolute Gasteiger partial charge is 0.478 e. The lowest BCUT2D eigenvalue weighted by Crippen LogP contribution is -2.13. The number of carbonyl (C=O) groups is 2. The molecule has 0 spiro atoms. The summed E-state index contributed by atoms with van der Waals surface area (Å²) >= 11 is 2.12. The van der Waals surface area contributed by atoms with Gasteiger partial charge in [0.05, 0.1) is 5.56 Å². The van der Waals surface area contributed by atoms with E-state index in [-0.39, 0.29) is 5.91 Å². The fourth-order valence-electron chi connectivity index (χ4n) is 1.69. The fraction of sp³-hybridized carbons (Fsp3) is 0. The van der Waals surface area contributed by atoms with Crippen molar-refractivity contribution in [1.82, 2.24) is 0 Å². The Kier molecular flexibility index (Phi) is 5.10. The van der Waals surface area contributed by atoms with E-state index < -0.39 is 5.97 Å².